The van der Waals surface area contributed by atoms with Crippen LogP contribution in [0.15, 0.2) is 0 Å². The molecule has 2 unspecified atom stereocenters. The number of hydrogen-bond acceptors (Lipinski definition) is 9. The zero-order valence-electron chi connectivity index (χ0n) is 26.0. The van der Waals surface area contributed by atoms with Gasteiger partial charge in [-0.2, -0.15) is 25.1 Å². The molecule has 0 amide bonds. The smallest absolute Gasteiger partial charge is 0.229 e. The van der Waals surface area contributed by atoms with Crippen LogP contribution in [0.25, 0.3) is 0 Å². The number of hydroxylamine groups is 4. The van der Waals surface area contributed by atoms with Crippen LogP contribution in [0.2, 0.25) is 5.28 Å². The van der Waals surface area contributed by atoms with Crippen LogP contribution in [0.4, 0.5) is 11.9 Å². The van der Waals surface area contributed by atoms with Gasteiger partial charge in [0.2, 0.25) is 17.2 Å². The summed E-state index contributed by atoms with van der Waals surface area (Å²) in [7, 11) is 0. The average Bonchev–Trinajstić information content (AvgIpc) is 2.79. The molecule has 224 valence electrons. The molecule has 2 saturated heterocycles. The monoisotopic (exact) mass is 567 g/mol. The summed E-state index contributed by atoms with van der Waals surface area (Å²) in [5.41, 5.74) is -1.32. The normalized spacial score (nSPS) is 25.3. The van der Waals surface area contributed by atoms with Gasteiger partial charge in [-0.1, -0.05) is 26.7 Å². The first-order valence-electron chi connectivity index (χ1n) is 14.8. The standard InChI is InChI=1S/C29H54ClN7O2/c1-11-13-21(19-15-26(3,4)36(38)27(5,6)16-19)31-24-33-23(30)34-25(35-24)32-22(14-12-2)20-17-28(7,8)37(39)29(9,10)18-20/h19-22,38-39H,11-18H2,1-10H3,(H2,31,32,33,34,35). The molecule has 4 N–H and O–H groups in total. The third kappa shape index (κ3) is 7.53. The Hall–Kier alpha value is -1.26. The zero-order valence-corrected chi connectivity index (χ0v) is 26.7. The Labute approximate surface area is 241 Å². The highest BCUT2D eigenvalue weighted by Crippen LogP contribution is 2.44. The van der Waals surface area contributed by atoms with E-state index in [0.29, 0.717) is 23.7 Å². The van der Waals surface area contributed by atoms with Gasteiger partial charge in [-0.3, -0.25) is 0 Å². The van der Waals surface area contributed by atoms with Gasteiger partial charge in [0.05, 0.1) is 0 Å². The van der Waals surface area contributed by atoms with E-state index in [0.717, 1.165) is 51.4 Å². The quantitative estimate of drug-likeness (QED) is 0.237. The van der Waals surface area contributed by atoms with Crippen LogP contribution >= 0.6 is 11.6 Å². The van der Waals surface area contributed by atoms with Gasteiger partial charge >= 0.3 is 0 Å². The summed E-state index contributed by atoms with van der Waals surface area (Å²) < 4.78 is 0. The lowest BCUT2D eigenvalue weighted by atomic mass is 9.71. The number of nitrogens with one attached hydrogen (secondary N) is 2. The summed E-state index contributed by atoms with van der Waals surface area (Å²) in [6.07, 6.45) is 7.44. The lowest BCUT2D eigenvalue weighted by molar-refractivity contribution is -0.251. The van der Waals surface area contributed by atoms with E-state index >= 15 is 0 Å². The minimum Gasteiger partial charge on any atom is -0.351 e. The molecule has 0 aromatic carbocycles. The highest BCUT2D eigenvalue weighted by Gasteiger charge is 2.48. The molecule has 1 aromatic heterocycles. The Morgan fingerprint density at radius 3 is 1.28 bits per heavy atom. The van der Waals surface area contributed by atoms with Crippen LogP contribution in [0.5, 0.6) is 0 Å². The molecule has 0 aliphatic carbocycles. The van der Waals surface area contributed by atoms with E-state index in [1.54, 1.807) is 0 Å². The van der Waals surface area contributed by atoms with Crippen LogP contribution in [-0.2, 0) is 0 Å². The van der Waals surface area contributed by atoms with Gasteiger partial charge in [0.1, 0.15) is 0 Å². The van der Waals surface area contributed by atoms with Crippen molar-refractivity contribution in [3.63, 3.8) is 0 Å². The van der Waals surface area contributed by atoms with E-state index in [1.165, 1.54) is 10.1 Å². The molecule has 0 saturated carbocycles. The first kappa shape index (κ1) is 32.3. The molecule has 2 atom stereocenters. The molecule has 0 radical (unpaired) electrons. The van der Waals surface area contributed by atoms with Gasteiger partial charge in [0, 0.05) is 34.2 Å². The maximum atomic E-state index is 10.8. The van der Waals surface area contributed by atoms with Crippen molar-refractivity contribution in [3.05, 3.63) is 5.28 Å². The second-order valence-electron chi connectivity index (χ2n) is 14.5. The van der Waals surface area contributed by atoms with Gasteiger partial charge < -0.3 is 21.0 Å². The topological polar surface area (TPSA) is 110 Å². The summed E-state index contributed by atoms with van der Waals surface area (Å²) >= 11 is 6.44. The van der Waals surface area contributed by atoms with Crippen molar-refractivity contribution in [1.29, 1.82) is 0 Å². The predicted molar refractivity (Wildman–Crippen MR) is 158 cm³/mol. The van der Waals surface area contributed by atoms with Gasteiger partial charge in [-0.15, -0.1) is 0 Å². The number of halogens is 1. The summed E-state index contributed by atoms with van der Waals surface area (Å²) in [6.45, 7) is 21.2. The lowest BCUT2D eigenvalue weighted by Gasteiger charge is -2.53. The van der Waals surface area contributed by atoms with E-state index in [2.05, 4.69) is 89.8 Å². The fourth-order valence-corrected chi connectivity index (χ4v) is 7.71. The summed E-state index contributed by atoms with van der Waals surface area (Å²) in [6, 6.07) is 0.297. The molecule has 39 heavy (non-hydrogen) atoms. The van der Waals surface area contributed by atoms with Gasteiger partial charge in [-0.25, -0.2) is 0 Å². The number of hydrogen-bond donors (Lipinski definition) is 4. The molecule has 0 bridgehead atoms. The Morgan fingerprint density at radius 2 is 1.00 bits per heavy atom. The first-order chi connectivity index (χ1) is 17.9. The maximum Gasteiger partial charge on any atom is 0.229 e. The molecule has 3 rings (SSSR count). The van der Waals surface area contributed by atoms with Crippen molar-refractivity contribution < 1.29 is 10.4 Å². The van der Waals surface area contributed by atoms with Crippen molar-refractivity contribution in [2.75, 3.05) is 10.6 Å². The maximum absolute atomic E-state index is 10.8. The summed E-state index contributed by atoms with van der Waals surface area (Å²) in [4.78, 5) is 13.7. The highest BCUT2D eigenvalue weighted by atomic mass is 35.5. The molecule has 1 aromatic rings. The Bertz CT molecular complexity index is 863. The van der Waals surface area contributed by atoms with Crippen molar-refractivity contribution in [1.82, 2.24) is 25.1 Å². The second-order valence-corrected chi connectivity index (χ2v) is 14.9. The first-order valence-corrected chi connectivity index (χ1v) is 15.2. The molecule has 2 aliphatic heterocycles. The van der Waals surface area contributed by atoms with E-state index in [9.17, 15) is 10.4 Å². The fourth-order valence-electron chi connectivity index (χ4n) is 7.55. The summed E-state index contributed by atoms with van der Waals surface area (Å²) in [5, 5.41) is 32.1. The second kappa shape index (κ2) is 11.9. The van der Waals surface area contributed by atoms with Gasteiger partial charge in [0.25, 0.3) is 0 Å². The SMILES string of the molecule is CCCC(Nc1nc(Cl)nc(NC(CCC)C2CC(C)(C)N(O)C(C)(C)C2)n1)C1CC(C)(C)N(O)C(C)(C)C1. The van der Waals surface area contributed by atoms with E-state index in [1.807, 2.05) is 0 Å². The van der Waals surface area contributed by atoms with Gasteiger partial charge in [0.15, 0.2) is 0 Å². The van der Waals surface area contributed by atoms with E-state index in [4.69, 9.17) is 16.6 Å². The lowest BCUT2D eigenvalue weighted by Crippen LogP contribution is -2.60. The van der Waals surface area contributed by atoms with Crippen molar-refractivity contribution in [2.24, 2.45) is 11.8 Å². The number of aromatic nitrogens is 3. The zero-order chi connectivity index (χ0) is 29.4. The molecular formula is C29H54ClN7O2. The average molecular weight is 568 g/mol. The van der Waals surface area contributed by atoms with E-state index in [-0.39, 0.29) is 39.5 Å². The van der Waals surface area contributed by atoms with Crippen LogP contribution in [0.1, 0.15) is 121 Å². The van der Waals surface area contributed by atoms with Crippen LogP contribution in [0, 0.1) is 11.8 Å². The van der Waals surface area contributed by atoms with Crippen molar-refractivity contribution in [2.45, 2.75) is 155 Å². The molecule has 3 heterocycles. The minimum absolute atomic E-state index is 0.149. The predicted octanol–water partition coefficient (Wildman–Crippen LogP) is 7.00. The molecule has 2 fully saturated rings. The molecule has 0 spiro atoms. The molecule has 9 nitrogen and oxygen atoms in total. The fraction of sp³-hybridized carbons (Fsp3) is 0.897. The molecular weight excluding hydrogens is 514 g/mol. The molecule has 2 aliphatic rings. The summed E-state index contributed by atoms with van der Waals surface area (Å²) in [5.74, 6) is 1.65. The van der Waals surface area contributed by atoms with Gasteiger partial charge in [-0.05, 0) is 117 Å². The van der Waals surface area contributed by atoms with Crippen LogP contribution in [0.3, 0.4) is 0 Å². The van der Waals surface area contributed by atoms with Crippen molar-refractivity contribution in [3.8, 4) is 0 Å². The Kier molecular flexibility index (Phi) is 9.86. The van der Waals surface area contributed by atoms with Crippen LogP contribution in [-0.4, -0.2) is 69.7 Å². The minimum atomic E-state index is -0.331. The third-order valence-electron chi connectivity index (χ3n) is 8.91. The molecule has 10 heteroatoms. The van der Waals surface area contributed by atoms with E-state index < -0.39 is 0 Å². The number of piperidine rings is 2. The Balaban J connectivity index is 1.83. The highest BCUT2D eigenvalue weighted by molar-refractivity contribution is 6.28. The number of anilines is 2. The largest absolute Gasteiger partial charge is 0.351 e. The third-order valence-corrected chi connectivity index (χ3v) is 9.08. The number of nitrogens with zero attached hydrogens (tertiary/aromatic N) is 5. The van der Waals surface area contributed by atoms with Crippen LogP contribution < -0.4 is 10.6 Å². The number of rotatable bonds is 10. The van der Waals surface area contributed by atoms with Crippen molar-refractivity contribution >= 4 is 23.5 Å². The Morgan fingerprint density at radius 1 is 0.692 bits per heavy atom.